The van der Waals surface area contributed by atoms with Crippen molar-refractivity contribution in [1.29, 1.82) is 0 Å². The van der Waals surface area contributed by atoms with Crippen LogP contribution in [0.15, 0.2) is 83.0 Å². The molecule has 0 fully saturated rings. The number of amides is 1. The van der Waals surface area contributed by atoms with E-state index < -0.39 is 17.7 Å². The topological polar surface area (TPSA) is 75.6 Å². The Labute approximate surface area is 174 Å². The lowest BCUT2D eigenvalue weighted by molar-refractivity contribution is -0.132. The van der Waals surface area contributed by atoms with Crippen molar-refractivity contribution >= 4 is 33.9 Å². The molecular formula is C22H15BrFNO4. The van der Waals surface area contributed by atoms with Crippen LogP contribution < -0.4 is 10.1 Å². The molecule has 0 aliphatic heterocycles. The normalized spacial score (nSPS) is 11.0. The second-order valence-corrected chi connectivity index (χ2v) is 6.75. The van der Waals surface area contributed by atoms with Gasteiger partial charge in [-0.3, -0.25) is 4.79 Å². The summed E-state index contributed by atoms with van der Waals surface area (Å²) in [6.45, 7) is 0. The maximum absolute atomic E-state index is 13.7. The Morgan fingerprint density at radius 1 is 0.966 bits per heavy atom. The first-order valence-electron chi connectivity index (χ1n) is 8.47. The number of rotatable bonds is 6. The molecule has 0 aliphatic carbocycles. The van der Waals surface area contributed by atoms with E-state index in [2.05, 4.69) is 21.2 Å². The van der Waals surface area contributed by atoms with E-state index in [9.17, 15) is 19.1 Å². The van der Waals surface area contributed by atoms with Crippen LogP contribution in [0, 0.1) is 5.82 Å². The molecule has 0 radical (unpaired) electrons. The van der Waals surface area contributed by atoms with E-state index in [1.165, 1.54) is 24.3 Å². The van der Waals surface area contributed by atoms with Crippen LogP contribution in [0.1, 0.15) is 15.9 Å². The molecule has 1 amide bonds. The quantitative estimate of drug-likeness (QED) is 0.498. The molecule has 7 heteroatoms. The van der Waals surface area contributed by atoms with Gasteiger partial charge in [-0.2, -0.15) is 0 Å². The maximum Gasteiger partial charge on any atom is 0.352 e. The Morgan fingerprint density at radius 3 is 2.28 bits per heavy atom. The largest absolute Gasteiger partial charge is 0.477 e. The first kappa shape index (κ1) is 20.3. The van der Waals surface area contributed by atoms with Crippen molar-refractivity contribution in [2.24, 2.45) is 0 Å². The van der Waals surface area contributed by atoms with E-state index in [-0.39, 0.29) is 11.3 Å². The molecule has 29 heavy (non-hydrogen) atoms. The van der Waals surface area contributed by atoms with E-state index >= 15 is 0 Å². The van der Waals surface area contributed by atoms with Crippen LogP contribution >= 0.6 is 15.9 Å². The van der Waals surface area contributed by atoms with Gasteiger partial charge in [0.15, 0.2) is 0 Å². The predicted molar refractivity (Wildman–Crippen MR) is 110 cm³/mol. The number of carboxylic acid groups (broad SMARTS) is 1. The lowest BCUT2D eigenvalue weighted by Crippen LogP contribution is -2.27. The minimum Gasteiger partial charge on any atom is -0.477 e. The summed E-state index contributed by atoms with van der Waals surface area (Å²) < 4.78 is 20.3. The molecule has 0 atom stereocenters. The highest BCUT2D eigenvalue weighted by Crippen LogP contribution is 2.29. The van der Waals surface area contributed by atoms with Crippen molar-refractivity contribution in [3.63, 3.8) is 0 Å². The molecule has 0 aliphatic rings. The number of carbonyl (C=O) groups is 2. The lowest BCUT2D eigenvalue weighted by atomic mass is 10.1. The average Bonchev–Trinajstić information content (AvgIpc) is 2.70. The average molecular weight is 456 g/mol. The van der Waals surface area contributed by atoms with E-state index in [0.29, 0.717) is 17.1 Å². The highest BCUT2D eigenvalue weighted by atomic mass is 79.9. The summed E-state index contributed by atoms with van der Waals surface area (Å²) in [6.07, 6.45) is 1.28. The molecule has 0 aromatic heterocycles. The van der Waals surface area contributed by atoms with Crippen LogP contribution in [0.3, 0.4) is 0 Å². The fourth-order valence-electron chi connectivity index (χ4n) is 2.44. The fraction of sp³-hybridized carbons (Fsp3) is 0. The smallest absolute Gasteiger partial charge is 0.352 e. The number of para-hydroxylation sites is 1. The summed E-state index contributed by atoms with van der Waals surface area (Å²) in [4.78, 5) is 23.7. The van der Waals surface area contributed by atoms with E-state index in [1.807, 2.05) is 18.2 Å². The molecule has 5 nitrogen and oxygen atoms in total. The van der Waals surface area contributed by atoms with Gasteiger partial charge in [-0.1, -0.05) is 36.4 Å². The molecule has 0 heterocycles. The van der Waals surface area contributed by atoms with Crippen molar-refractivity contribution < 1.29 is 23.8 Å². The van der Waals surface area contributed by atoms with Crippen molar-refractivity contribution in [2.45, 2.75) is 0 Å². The zero-order valence-corrected chi connectivity index (χ0v) is 16.5. The SMILES string of the molecule is O=C(O)C(=Cc1ccc(Oc2ccccc2Br)cc1)NC(=O)c1ccccc1F. The van der Waals surface area contributed by atoms with Gasteiger partial charge in [-0.25, -0.2) is 9.18 Å². The minimum atomic E-state index is -1.34. The molecule has 0 spiro atoms. The predicted octanol–water partition coefficient (Wildman–Crippen LogP) is 5.24. The van der Waals surface area contributed by atoms with Crippen LogP contribution in [0.25, 0.3) is 6.08 Å². The van der Waals surface area contributed by atoms with E-state index in [0.717, 1.165) is 10.5 Å². The van der Waals surface area contributed by atoms with Gasteiger partial charge in [-0.05, 0) is 64.0 Å². The zero-order chi connectivity index (χ0) is 20.8. The molecule has 2 N–H and O–H groups in total. The number of hydrogen-bond donors (Lipinski definition) is 2. The monoisotopic (exact) mass is 455 g/mol. The maximum atomic E-state index is 13.7. The second kappa shape index (κ2) is 9.16. The Kier molecular flexibility index (Phi) is 6.41. The number of carbonyl (C=O) groups excluding carboxylic acids is 1. The zero-order valence-electron chi connectivity index (χ0n) is 14.9. The van der Waals surface area contributed by atoms with Gasteiger partial charge in [0.2, 0.25) is 0 Å². The number of hydrogen-bond acceptors (Lipinski definition) is 3. The molecule has 0 unspecified atom stereocenters. The molecule has 3 aromatic carbocycles. The molecular weight excluding hydrogens is 441 g/mol. The van der Waals surface area contributed by atoms with Gasteiger partial charge in [0, 0.05) is 0 Å². The van der Waals surface area contributed by atoms with E-state index in [4.69, 9.17) is 4.74 Å². The van der Waals surface area contributed by atoms with Crippen molar-refractivity contribution in [1.82, 2.24) is 5.32 Å². The van der Waals surface area contributed by atoms with Crippen LogP contribution in [0.4, 0.5) is 4.39 Å². The highest BCUT2D eigenvalue weighted by Gasteiger charge is 2.16. The molecule has 3 rings (SSSR count). The Bertz CT molecular complexity index is 1080. The van der Waals surface area contributed by atoms with Crippen LogP contribution in [0.2, 0.25) is 0 Å². The first-order valence-corrected chi connectivity index (χ1v) is 9.26. The van der Waals surface area contributed by atoms with Gasteiger partial charge >= 0.3 is 5.97 Å². The van der Waals surface area contributed by atoms with Crippen molar-refractivity contribution in [3.8, 4) is 11.5 Å². The number of nitrogens with one attached hydrogen (secondary N) is 1. The second-order valence-electron chi connectivity index (χ2n) is 5.90. The van der Waals surface area contributed by atoms with Crippen LogP contribution in [-0.4, -0.2) is 17.0 Å². The molecule has 0 saturated heterocycles. The number of aliphatic carboxylic acids is 1. The summed E-state index contributed by atoms with van der Waals surface area (Å²) in [5.41, 5.74) is -0.0923. The van der Waals surface area contributed by atoms with Crippen molar-refractivity contribution in [3.05, 3.63) is 99.9 Å². The summed E-state index contributed by atoms with van der Waals surface area (Å²) in [7, 11) is 0. The lowest BCUT2D eigenvalue weighted by Gasteiger charge is -2.09. The Hall–Kier alpha value is -3.45. The van der Waals surface area contributed by atoms with Gasteiger partial charge < -0.3 is 15.2 Å². The summed E-state index contributed by atoms with van der Waals surface area (Å²) in [6, 6.07) is 19.3. The summed E-state index contributed by atoms with van der Waals surface area (Å²) >= 11 is 3.40. The standard InChI is InChI=1S/C22H15BrFNO4/c23-17-6-2-4-8-20(17)29-15-11-9-14(10-12-15)13-19(22(27)28)25-21(26)16-5-1-3-7-18(16)24/h1-13H,(H,25,26)(H,27,28). The molecule has 0 saturated carbocycles. The highest BCUT2D eigenvalue weighted by molar-refractivity contribution is 9.10. The molecule has 146 valence electrons. The summed E-state index contributed by atoms with van der Waals surface area (Å²) in [5.74, 6) is -1.72. The Balaban J connectivity index is 1.77. The number of carboxylic acids is 1. The Morgan fingerprint density at radius 2 is 1.62 bits per heavy atom. The number of ether oxygens (including phenoxy) is 1. The van der Waals surface area contributed by atoms with Gasteiger partial charge in [0.05, 0.1) is 10.0 Å². The molecule has 0 bridgehead atoms. The number of halogens is 2. The van der Waals surface area contributed by atoms with Gasteiger partial charge in [0.1, 0.15) is 23.0 Å². The number of benzene rings is 3. The van der Waals surface area contributed by atoms with Crippen LogP contribution in [-0.2, 0) is 4.79 Å². The third kappa shape index (κ3) is 5.30. The first-order chi connectivity index (χ1) is 13.9. The van der Waals surface area contributed by atoms with Crippen LogP contribution in [0.5, 0.6) is 11.5 Å². The van der Waals surface area contributed by atoms with Gasteiger partial charge in [-0.15, -0.1) is 0 Å². The minimum absolute atomic E-state index is 0.239. The van der Waals surface area contributed by atoms with Gasteiger partial charge in [0.25, 0.3) is 5.91 Å². The van der Waals surface area contributed by atoms with E-state index in [1.54, 1.807) is 30.3 Å². The van der Waals surface area contributed by atoms with Crippen molar-refractivity contribution in [2.75, 3.05) is 0 Å². The third-order valence-corrected chi connectivity index (χ3v) is 4.51. The summed E-state index contributed by atoms with van der Waals surface area (Å²) in [5, 5.41) is 11.6. The fourth-order valence-corrected chi connectivity index (χ4v) is 2.81. The third-order valence-electron chi connectivity index (χ3n) is 3.85. The molecule has 3 aromatic rings.